The number of benzene rings is 2. The van der Waals surface area contributed by atoms with E-state index in [9.17, 15) is 0 Å². The van der Waals surface area contributed by atoms with Crippen LogP contribution in [0.15, 0.2) is 48.5 Å². The van der Waals surface area contributed by atoms with Gasteiger partial charge in [0, 0.05) is 18.2 Å². The Kier molecular flexibility index (Phi) is 3.88. The number of nitrogens with zero attached hydrogens (tertiary/aromatic N) is 2. The minimum Gasteiger partial charge on any atom is -0.324 e. The molecule has 1 saturated heterocycles. The third-order valence-corrected chi connectivity index (χ3v) is 4.79. The molecule has 1 aliphatic rings. The molecule has 3 aromatic rings. The van der Waals surface area contributed by atoms with Crippen molar-refractivity contribution in [3.05, 3.63) is 54.1 Å². The van der Waals surface area contributed by atoms with Gasteiger partial charge in [0.25, 0.3) is 0 Å². The molecule has 1 aromatic heterocycles. The molecule has 0 saturated carbocycles. The molecule has 2 aromatic carbocycles. The van der Waals surface area contributed by atoms with Crippen molar-refractivity contribution in [3.63, 3.8) is 0 Å². The summed E-state index contributed by atoms with van der Waals surface area (Å²) in [6.45, 7) is 4.32. The van der Waals surface area contributed by atoms with Gasteiger partial charge in [0.2, 0.25) is 0 Å². The van der Waals surface area contributed by atoms with E-state index in [2.05, 4.69) is 65.3 Å². The zero-order chi connectivity index (χ0) is 15.6. The van der Waals surface area contributed by atoms with E-state index in [-0.39, 0.29) is 0 Å². The molecule has 1 unspecified atom stereocenters. The van der Waals surface area contributed by atoms with Crippen molar-refractivity contribution in [1.29, 1.82) is 0 Å². The molecule has 0 bridgehead atoms. The second-order valence-corrected chi connectivity index (χ2v) is 6.53. The lowest BCUT2D eigenvalue weighted by atomic mass is 10.1. The lowest BCUT2D eigenvalue weighted by Gasteiger charge is -2.14. The Hall–Kier alpha value is -2.13. The Morgan fingerprint density at radius 2 is 2.09 bits per heavy atom. The summed E-state index contributed by atoms with van der Waals surface area (Å²) in [4.78, 5) is 4.91. The first-order chi connectivity index (χ1) is 11.3. The van der Waals surface area contributed by atoms with Gasteiger partial charge in [-0.25, -0.2) is 4.98 Å². The summed E-state index contributed by atoms with van der Waals surface area (Å²) in [5, 5.41) is 3.60. The zero-order valence-electron chi connectivity index (χ0n) is 13.6. The summed E-state index contributed by atoms with van der Waals surface area (Å²) in [7, 11) is 0. The first-order valence-corrected chi connectivity index (χ1v) is 8.57. The smallest absolute Gasteiger partial charge is 0.141 e. The van der Waals surface area contributed by atoms with Crippen molar-refractivity contribution in [2.75, 3.05) is 6.54 Å². The average Bonchev–Trinajstić information content (AvgIpc) is 3.20. The molecular weight excluding hydrogens is 282 g/mol. The molecule has 1 atom stereocenters. The van der Waals surface area contributed by atoms with E-state index in [1.165, 1.54) is 42.5 Å². The van der Waals surface area contributed by atoms with E-state index in [4.69, 9.17) is 4.98 Å². The van der Waals surface area contributed by atoms with Crippen molar-refractivity contribution in [3.8, 4) is 11.4 Å². The molecule has 3 heteroatoms. The topological polar surface area (TPSA) is 29.9 Å². The number of nitrogens with one attached hydrogen (secondary N) is 1. The van der Waals surface area contributed by atoms with Gasteiger partial charge in [-0.05, 0) is 50.9 Å². The predicted octanol–water partition coefficient (Wildman–Crippen LogP) is 4.15. The van der Waals surface area contributed by atoms with Crippen molar-refractivity contribution < 1.29 is 0 Å². The molecule has 118 valence electrons. The highest BCUT2D eigenvalue weighted by atomic mass is 15.1. The van der Waals surface area contributed by atoms with Crippen LogP contribution in [0.3, 0.4) is 0 Å². The summed E-state index contributed by atoms with van der Waals surface area (Å²) >= 11 is 0. The first-order valence-electron chi connectivity index (χ1n) is 8.57. The van der Waals surface area contributed by atoms with Gasteiger partial charge >= 0.3 is 0 Å². The van der Waals surface area contributed by atoms with Crippen LogP contribution in [0.4, 0.5) is 0 Å². The molecule has 2 heterocycles. The van der Waals surface area contributed by atoms with E-state index < -0.39 is 0 Å². The van der Waals surface area contributed by atoms with E-state index in [0.29, 0.717) is 6.04 Å². The average molecular weight is 305 g/mol. The van der Waals surface area contributed by atoms with Crippen LogP contribution >= 0.6 is 0 Å². The van der Waals surface area contributed by atoms with E-state index in [1.54, 1.807) is 0 Å². The minimum absolute atomic E-state index is 0.654. The van der Waals surface area contributed by atoms with Crippen LogP contribution in [0.25, 0.3) is 22.4 Å². The molecule has 3 nitrogen and oxygen atoms in total. The summed E-state index contributed by atoms with van der Waals surface area (Å²) in [5.74, 6) is 1.09. The maximum absolute atomic E-state index is 4.91. The molecule has 1 fully saturated rings. The van der Waals surface area contributed by atoms with Crippen molar-refractivity contribution in [1.82, 2.24) is 14.9 Å². The highest BCUT2D eigenvalue weighted by Gasteiger charge is 2.17. The summed E-state index contributed by atoms with van der Waals surface area (Å²) in [5.41, 5.74) is 4.81. The van der Waals surface area contributed by atoms with E-state index in [0.717, 1.165) is 17.9 Å². The molecule has 1 N–H and O–H groups in total. The fourth-order valence-corrected chi connectivity index (χ4v) is 3.59. The molecule has 0 aliphatic carbocycles. The van der Waals surface area contributed by atoms with Gasteiger partial charge in [-0.2, -0.15) is 0 Å². The normalized spacial score (nSPS) is 17.9. The maximum atomic E-state index is 4.91. The van der Waals surface area contributed by atoms with Crippen LogP contribution in [0, 0.1) is 6.92 Å². The van der Waals surface area contributed by atoms with Gasteiger partial charge in [0.05, 0.1) is 11.0 Å². The molecule has 0 spiro atoms. The molecule has 4 rings (SSSR count). The highest BCUT2D eigenvalue weighted by molar-refractivity contribution is 5.80. The largest absolute Gasteiger partial charge is 0.324 e. The monoisotopic (exact) mass is 305 g/mol. The number of imidazole rings is 1. The summed E-state index contributed by atoms with van der Waals surface area (Å²) in [6.07, 6.45) is 3.77. The predicted molar refractivity (Wildman–Crippen MR) is 95.5 cm³/mol. The second-order valence-electron chi connectivity index (χ2n) is 6.53. The van der Waals surface area contributed by atoms with Crippen molar-refractivity contribution >= 4 is 11.0 Å². The first kappa shape index (κ1) is 14.5. The quantitative estimate of drug-likeness (QED) is 0.784. The number of aryl methyl sites for hydroxylation is 2. The summed E-state index contributed by atoms with van der Waals surface area (Å²) < 4.78 is 2.39. The summed E-state index contributed by atoms with van der Waals surface area (Å²) in [6, 6.07) is 17.8. The lowest BCUT2D eigenvalue weighted by molar-refractivity contribution is 0.512. The van der Waals surface area contributed by atoms with Crippen LogP contribution in [0.5, 0.6) is 0 Å². The van der Waals surface area contributed by atoms with Crippen LogP contribution in [0.2, 0.25) is 0 Å². The Morgan fingerprint density at radius 1 is 1.17 bits per heavy atom. The van der Waals surface area contributed by atoms with Crippen LogP contribution in [-0.2, 0) is 6.54 Å². The Morgan fingerprint density at radius 3 is 2.91 bits per heavy atom. The van der Waals surface area contributed by atoms with Crippen LogP contribution in [0.1, 0.15) is 24.8 Å². The number of hydrogen-bond donors (Lipinski definition) is 1. The fourth-order valence-electron chi connectivity index (χ4n) is 3.59. The molecule has 23 heavy (non-hydrogen) atoms. The Balaban J connectivity index is 1.74. The lowest BCUT2D eigenvalue weighted by Crippen LogP contribution is -2.23. The number of aromatic nitrogens is 2. The van der Waals surface area contributed by atoms with Crippen molar-refractivity contribution in [2.45, 2.75) is 38.8 Å². The van der Waals surface area contributed by atoms with Gasteiger partial charge < -0.3 is 9.88 Å². The highest BCUT2D eigenvalue weighted by Crippen LogP contribution is 2.26. The molecule has 1 aliphatic heterocycles. The SMILES string of the molecule is Cc1cccc(-c2nc3ccccc3n2CCC2CCCN2)c1. The third kappa shape index (κ3) is 2.89. The number of para-hydroxylation sites is 2. The Labute approximate surface area is 137 Å². The second kappa shape index (κ2) is 6.17. The third-order valence-electron chi connectivity index (χ3n) is 4.79. The Bertz CT molecular complexity index is 813. The number of hydrogen-bond acceptors (Lipinski definition) is 2. The van der Waals surface area contributed by atoms with Gasteiger partial charge in [-0.3, -0.25) is 0 Å². The van der Waals surface area contributed by atoms with Gasteiger partial charge in [-0.15, -0.1) is 0 Å². The standard InChI is InChI=1S/C20H23N3/c1-15-6-4-7-16(14-15)20-22-18-9-2-3-10-19(18)23(20)13-11-17-8-5-12-21-17/h2-4,6-7,9-10,14,17,21H,5,8,11-13H2,1H3. The van der Waals surface area contributed by atoms with Crippen LogP contribution < -0.4 is 5.32 Å². The number of rotatable bonds is 4. The van der Waals surface area contributed by atoms with Crippen molar-refractivity contribution in [2.24, 2.45) is 0 Å². The van der Waals surface area contributed by atoms with E-state index >= 15 is 0 Å². The molecular formula is C20H23N3. The van der Waals surface area contributed by atoms with Crippen LogP contribution in [-0.4, -0.2) is 22.1 Å². The maximum Gasteiger partial charge on any atom is 0.141 e. The molecule has 0 amide bonds. The fraction of sp³-hybridized carbons (Fsp3) is 0.350. The number of fused-ring (bicyclic) bond motifs is 1. The molecule has 0 radical (unpaired) electrons. The van der Waals surface area contributed by atoms with E-state index in [1.807, 2.05) is 0 Å². The zero-order valence-corrected chi connectivity index (χ0v) is 13.6. The van der Waals surface area contributed by atoms with Gasteiger partial charge in [-0.1, -0.05) is 35.9 Å². The van der Waals surface area contributed by atoms with Gasteiger partial charge in [0.1, 0.15) is 5.82 Å². The minimum atomic E-state index is 0.654. The van der Waals surface area contributed by atoms with Gasteiger partial charge in [0.15, 0.2) is 0 Å².